The molecule has 4 rings (SSSR count). The minimum Gasteiger partial charge on any atom is -0.339 e. The normalized spacial score (nSPS) is 17.8. The first-order chi connectivity index (χ1) is 14.4. The molecule has 2 aromatic rings. The van der Waals surface area contributed by atoms with Gasteiger partial charge >= 0.3 is 0 Å². The fourth-order valence-corrected chi connectivity index (χ4v) is 5.43. The molecule has 1 heterocycles. The van der Waals surface area contributed by atoms with Gasteiger partial charge in [-0.2, -0.15) is 0 Å². The monoisotopic (exact) mass is 426 g/mol. The number of nitrogens with zero attached hydrogens (tertiary/aromatic N) is 1. The van der Waals surface area contributed by atoms with Crippen LogP contribution in [0.5, 0.6) is 0 Å². The number of piperidine rings is 1. The molecule has 1 saturated carbocycles. The van der Waals surface area contributed by atoms with E-state index in [0.29, 0.717) is 11.5 Å². The van der Waals surface area contributed by atoms with Gasteiger partial charge in [0.15, 0.2) is 0 Å². The minimum atomic E-state index is -3.56. The lowest BCUT2D eigenvalue weighted by atomic mass is 9.90. The van der Waals surface area contributed by atoms with Crippen LogP contribution >= 0.6 is 0 Å². The molecule has 5 nitrogen and oxygen atoms in total. The van der Waals surface area contributed by atoms with Gasteiger partial charge in [0.1, 0.15) is 0 Å². The van der Waals surface area contributed by atoms with Crippen molar-refractivity contribution in [2.24, 2.45) is 5.92 Å². The zero-order chi connectivity index (χ0) is 21.1. The van der Waals surface area contributed by atoms with E-state index in [0.717, 1.165) is 57.2 Å². The van der Waals surface area contributed by atoms with E-state index in [1.807, 2.05) is 17.9 Å². The van der Waals surface area contributed by atoms with Gasteiger partial charge in [-0.15, -0.1) is 0 Å². The van der Waals surface area contributed by atoms with Crippen molar-refractivity contribution in [3.63, 3.8) is 0 Å². The van der Waals surface area contributed by atoms with Gasteiger partial charge < -0.3 is 4.90 Å². The van der Waals surface area contributed by atoms with Crippen LogP contribution in [0.25, 0.3) is 0 Å². The van der Waals surface area contributed by atoms with Gasteiger partial charge in [0, 0.05) is 24.7 Å². The second kappa shape index (κ2) is 8.90. The number of hydrogen-bond acceptors (Lipinski definition) is 3. The summed E-state index contributed by atoms with van der Waals surface area (Å²) in [5.74, 6) is 0.572. The molecule has 1 aliphatic heterocycles. The number of rotatable bonds is 7. The molecule has 0 radical (unpaired) electrons. The van der Waals surface area contributed by atoms with Crippen LogP contribution in [0.4, 0.5) is 0 Å². The number of likely N-dealkylation sites (tertiary alicyclic amines) is 1. The number of amides is 1. The van der Waals surface area contributed by atoms with Crippen LogP contribution in [0.1, 0.15) is 53.6 Å². The average molecular weight is 427 g/mol. The third-order valence-electron chi connectivity index (χ3n) is 6.23. The highest BCUT2D eigenvalue weighted by atomic mass is 32.2. The summed E-state index contributed by atoms with van der Waals surface area (Å²) in [5, 5.41) is 0. The van der Waals surface area contributed by atoms with E-state index in [-0.39, 0.29) is 16.8 Å². The molecule has 2 fully saturated rings. The molecular formula is C24H30N2O3S. The summed E-state index contributed by atoms with van der Waals surface area (Å²) in [4.78, 5) is 15.2. The van der Waals surface area contributed by atoms with E-state index in [1.54, 1.807) is 18.2 Å². The molecule has 0 bridgehead atoms. The first kappa shape index (κ1) is 21.1. The summed E-state index contributed by atoms with van der Waals surface area (Å²) < 4.78 is 27.8. The molecule has 0 spiro atoms. The van der Waals surface area contributed by atoms with Crippen LogP contribution in [-0.2, 0) is 16.4 Å². The molecule has 2 aromatic carbocycles. The molecule has 0 atom stereocenters. The predicted octanol–water partition coefficient (Wildman–Crippen LogP) is 3.92. The van der Waals surface area contributed by atoms with Crippen LogP contribution in [0.2, 0.25) is 0 Å². The maximum atomic E-state index is 13.1. The van der Waals surface area contributed by atoms with Crippen molar-refractivity contribution in [2.45, 2.75) is 56.4 Å². The fourth-order valence-electron chi connectivity index (χ4n) is 4.10. The van der Waals surface area contributed by atoms with Gasteiger partial charge in [-0.05, 0) is 74.6 Å². The second-order valence-corrected chi connectivity index (χ2v) is 10.3. The molecule has 6 heteroatoms. The Hall–Kier alpha value is -2.18. The summed E-state index contributed by atoms with van der Waals surface area (Å²) in [5.41, 5.74) is 2.68. The molecule has 2 aliphatic rings. The Morgan fingerprint density at radius 1 is 1.03 bits per heavy atom. The van der Waals surface area contributed by atoms with Crippen molar-refractivity contribution in [1.82, 2.24) is 9.62 Å². The molecule has 160 valence electrons. The number of carbonyl (C=O) groups is 1. The zero-order valence-electron chi connectivity index (χ0n) is 17.5. The summed E-state index contributed by atoms with van der Waals surface area (Å²) in [6.45, 7) is 3.33. The SMILES string of the molecule is Cc1ccc(S(=O)(=O)NC2CC2)cc1C(=O)N1CCC(CCc2ccccc2)CC1. The second-order valence-electron chi connectivity index (χ2n) is 8.63. The summed E-state index contributed by atoms with van der Waals surface area (Å²) >= 11 is 0. The number of benzene rings is 2. The largest absolute Gasteiger partial charge is 0.339 e. The van der Waals surface area contributed by atoms with E-state index in [9.17, 15) is 13.2 Å². The van der Waals surface area contributed by atoms with E-state index < -0.39 is 10.0 Å². The van der Waals surface area contributed by atoms with Crippen LogP contribution in [0.3, 0.4) is 0 Å². The lowest BCUT2D eigenvalue weighted by Crippen LogP contribution is -2.39. The quantitative estimate of drug-likeness (QED) is 0.730. The zero-order valence-corrected chi connectivity index (χ0v) is 18.3. The van der Waals surface area contributed by atoms with Gasteiger partial charge in [0.25, 0.3) is 5.91 Å². The maximum Gasteiger partial charge on any atom is 0.254 e. The van der Waals surface area contributed by atoms with Crippen molar-refractivity contribution in [3.05, 3.63) is 65.2 Å². The Morgan fingerprint density at radius 2 is 1.73 bits per heavy atom. The molecule has 30 heavy (non-hydrogen) atoms. The fraction of sp³-hybridized carbons (Fsp3) is 0.458. The number of nitrogens with one attached hydrogen (secondary N) is 1. The van der Waals surface area contributed by atoms with Crippen molar-refractivity contribution in [2.75, 3.05) is 13.1 Å². The minimum absolute atomic E-state index is 0.0466. The highest BCUT2D eigenvalue weighted by Gasteiger charge is 2.29. The van der Waals surface area contributed by atoms with Crippen molar-refractivity contribution >= 4 is 15.9 Å². The lowest BCUT2D eigenvalue weighted by molar-refractivity contribution is 0.0686. The highest BCUT2D eigenvalue weighted by molar-refractivity contribution is 7.89. The van der Waals surface area contributed by atoms with E-state index in [2.05, 4.69) is 29.0 Å². The smallest absolute Gasteiger partial charge is 0.254 e. The Balaban J connectivity index is 1.37. The number of aryl methyl sites for hydroxylation is 2. The van der Waals surface area contributed by atoms with Crippen LogP contribution in [-0.4, -0.2) is 38.4 Å². The van der Waals surface area contributed by atoms with Crippen molar-refractivity contribution in [3.8, 4) is 0 Å². The Morgan fingerprint density at radius 3 is 2.40 bits per heavy atom. The van der Waals surface area contributed by atoms with E-state index in [1.165, 1.54) is 5.56 Å². The van der Waals surface area contributed by atoms with Crippen LogP contribution in [0, 0.1) is 12.8 Å². The van der Waals surface area contributed by atoms with E-state index >= 15 is 0 Å². The molecule has 1 saturated heterocycles. The topological polar surface area (TPSA) is 66.5 Å². The van der Waals surface area contributed by atoms with Gasteiger partial charge in [-0.25, -0.2) is 13.1 Å². The van der Waals surface area contributed by atoms with Crippen molar-refractivity contribution in [1.29, 1.82) is 0 Å². The molecule has 1 N–H and O–H groups in total. The van der Waals surface area contributed by atoms with Gasteiger partial charge in [0.05, 0.1) is 4.90 Å². The van der Waals surface area contributed by atoms with Crippen LogP contribution in [0.15, 0.2) is 53.4 Å². The molecule has 1 aliphatic carbocycles. The summed E-state index contributed by atoms with van der Waals surface area (Å²) in [7, 11) is -3.56. The summed E-state index contributed by atoms with van der Waals surface area (Å²) in [6, 6.07) is 15.4. The Bertz CT molecular complexity index is 992. The number of carbonyl (C=O) groups excluding carboxylic acids is 1. The first-order valence-electron chi connectivity index (χ1n) is 10.9. The Labute approximate surface area is 179 Å². The van der Waals surface area contributed by atoms with Gasteiger partial charge in [-0.1, -0.05) is 36.4 Å². The number of hydrogen-bond donors (Lipinski definition) is 1. The molecule has 0 aromatic heterocycles. The molecule has 0 unspecified atom stereocenters. The third kappa shape index (κ3) is 5.10. The average Bonchev–Trinajstić information content (AvgIpc) is 3.56. The highest BCUT2D eigenvalue weighted by Crippen LogP contribution is 2.26. The van der Waals surface area contributed by atoms with Crippen molar-refractivity contribution < 1.29 is 13.2 Å². The van der Waals surface area contributed by atoms with Crippen LogP contribution < -0.4 is 4.72 Å². The summed E-state index contributed by atoms with van der Waals surface area (Å²) in [6.07, 6.45) is 5.99. The first-order valence-corrected chi connectivity index (χ1v) is 12.4. The van der Waals surface area contributed by atoms with E-state index in [4.69, 9.17) is 0 Å². The molecule has 1 amide bonds. The lowest BCUT2D eigenvalue weighted by Gasteiger charge is -2.32. The molecular weight excluding hydrogens is 396 g/mol. The number of sulfonamides is 1. The van der Waals surface area contributed by atoms with Gasteiger partial charge in [0.2, 0.25) is 10.0 Å². The van der Waals surface area contributed by atoms with Gasteiger partial charge in [-0.3, -0.25) is 4.79 Å². The standard InChI is InChI=1S/C24H30N2O3S/c1-18-7-12-22(30(28,29)25-21-10-11-21)17-23(18)24(27)26-15-13-20(14-16-26)9-8-19-5-3-2-4-6-19/h2-7,12,17,20-21,25H,8-11,13-16H2,1H3. The third-order valence-corrected chi connectivity index (χ3v) is 7.75. The Kier molecular flexibility index (Phi) is 6.25. The predicted molar refractivity (Wildman–Crippen MR) is 118 cm³/mol. The maximum absolute atomic E-state index is 13.1.